The SMILES string of the molecule is Cc1ccccc1-c1cc(C(=O)N2CCC(Oc3ccc(F)cc3F)CC2)c2cnn(C(C)C)c2n1. The Hall–Kier alpha value is -3.81. The molecule has 2 aromatic carbocycles. The summed E-state index contributed by atoms with van der Waals surface area (Å²) in [5.74, 6) is -1.43. The second-order valence-electron chi connectivity index (χ2n) is 9.47. The number of halogens is 2. The first-order chi connectivity index (χ1) is 17.3. The second kappa shape index (κ2) is 9.68. The van der Waals surface area contributed by atoms with Crippen LogP contribution in [0.4, 0.5) is 8.78 Å². The summed E-state index contributed by atoms with van der Waals surface area (Å²) < 4.78 is 34.8. The molecule has 0 radical (unpaired) electrons. The number of aryl methyl sites for hydroxylation is 1. The maximum atomic E-state index is 14.0. The van der Waals surface area contributed by atoms with E-state index >= 15 is 0 Å². The molecule has 0 bridgehead atoms. The van der Waals surface area contributed by atoms with Gasteiger partial charge in [-0.1, -0.05) is 24.3 Å². The molecule has 1 saturated heterocycles. The highest BCUT2D eigenvalue weighted by Gasteiger charge is 2.28. The Labute approximate surface area is 208 Å². The summed E-state index contributed by atoms with van der Waals surface area (Å²) in [6, 6.07) is 13.2. The molecule has 1 aliphatic rings. The van der Waals surface area contributed by atoms with Crippen molar-refractivity contribution >= 4 is 16.9 Å². The molecule has 0 N–H and O–H groups in total. The summed E-state index contributed by atoms with van der Waals surface area (Å²) in [5.41, 5.74) is 4.02. The number of benzene rings is 2. The number of aromatic nitrogens is 3. The van der Waals surface area contributed by atoms with Gasteiger partial charge in [0.1, 0.15) is 11.9 Å². The van der Waals surface area contributed by atoms with Gasteiger partial charge in [-0.3, -0.25) is 4.79 Å². The topological polar surface area (TPSA) is 60.3 Å². The smallest absolute Gasteiger partial charge is 0.254 e. The predicted molar refractivity (Wildman–Crippen MR) is 134 cm³/mol. The number of rotatable bonds is 5. The van der Waals surface area contributed by atoms with E-state index in [9.17, 15) is 13.6 Å². The zero-order chi connectivity index (χ0) is 25.4. The van der Waals surface area contributed by atoms with Gasteiger partial charge in [0.15, 0.2) is 17.2 Å². The standard InChI is InChI=1S/C28H28F2N4O2/c1-17(2)34-27-23(16-31-34)22(15-25(32-27)21-7-5-4-6-18(21)3)28(35)33-12-10-20(11-13-33)36-26-9-8-19(29)14-24(26)30/h4-9,14-17,20H,10-13H2,1-3H3. The maximum absolute atomic E-state index is 14.0. The normalized spacial score (nSPS) is 14.6. The maximum Gasteiger partial charge on any atom is 0.254 e. The van der Waals surface area contributed by atoms with Crippen molar-refractivity contribution in [1.82, 2.24) is 19.7 Å². The van der Waals surface area contributed by atoms with Crippen molar-refractivity contribution in [2.75, 3.05) is 13.1 Å². The lowest BCUT2D eigenvalue weighted by Crippen LogP contribution is -2.42. The number of carbonyl (C=O) groups is 1. The van der Waals surface area contributed by atoms with E-state index in [1.54, 1.807) is 11.1 Å². The summed E-state index contributed by atoms with van der Waals surface area (Å²) in [6.45, 7) is 7.02. The van der Waals surface area contributed by atoms with E-state index in [-0.39, 0.29) is 23.8 Å². The van der Waals surface area contributed by atoms with E-state index in [0.717, 1.165) is 28.3 Å². The van der Waals surface area contributed by atoms with Crippen LogP contribution in [0.1, 0.15) is 48.7 Å². The second-order valence-corrected chi connectivity index (χ2v) is 9.47. The highest BCUT2D eigenvalue weighted by Crippen LogP contribution is 2.30. The number of amides is 1. The first-order valence-corrected chi connectivity index (χ1v) is 12.2. The van der Waals surface area contributed by atoms with E-state index in [2.05, 4.69) is 5.10 Å². The molecule has 1 amide bonds. The largest absolute Gasteiger partial charge is 0.487 e. The molecule has 0 atom stereocenters. The number of hydrogen-bond donors (Lipinski definition) is 0. The van der Waals surface area contributed by atoms with E-state index in [0.29, 0.717) is 37.1 Å². The highest BCUT2D eigenvalue weighted by molar-refractivity contribution is 6.06. The van der Waals surface area contributed by atoms with Crippen LogP contribution < -0.4 is 4.74 Å². The molecular weight excluding hydrogens is 462 g/mol. The lowest BCUT2D eigenvalue weighted by atomic mass is 10.0. The fraction of sp³-hybridized carbons (Fsp3) is 0.321. The Kier molecular flexibility index (Phi) is 6.43. The van der Waals surface area contributed by atoms with Gasteiger partial charge in [-0.25, -0.2) is 18.4 Å². The molecule has 0 unspecified atom stereocenters. The van der Waals surface area contributed by atoms with Crippen LogP contribution in [0.2, 0.25) is 0 Å². The van der Waals surface area contributed by atoms with Crippen LogP contribution >= 0.6 is 0 Å². The molecule has 5 rings (SSSR count). The van der Waals surface area contributed by atoms with Crippen molar-refractivity contribution in [3.63, 3.8) is 0 Å². The van der Waals surface area contributed by atoms with Crippen LogP contribution in [-0.4, -0.2) is 44.8 Å². The molecule has 8 heteroatoms. The average Bonchev–Trinajstić information content (AvgIpc) is 3.30. The number of pyridine rings is 1. The third-order valence-electron chi connectivity index (χ3n) is 6.62. The Morgan fingerprint density at radius 3 is 2.53 bits per heavy atom. The zero-order valence-electron chi connectivity index (χ0n) is 20.5. The van der Waals surface area contributed by atoms with Crippen LogP contribution in [0.25, 0.3) is 22.3 Å². The van der Waals surface area contributed by atoms with Gasteiger partial charge < -0.3 is 9.64 Å². The fourth-order valence-corrected chi connectivity index (χ4v) is 4.67. The lowest BCUT2D eigenvalue weighted by Gasteiger charge is -2.32. The number of hydrogen-bond acceptors (Lipinski definition) is 4. The van der Waals surface area contributed by atoms with Gasteiger partial charge in [-0.05, 0) is 44.5 Å². The number of piperidine rings is 1. The average molecular weight is 491 g/mol. The van der Waals surface area contributed by atoms with E-state index in [1.165, 1.54) is 12.1 Å². The number of nitrogens with zero attached hydrogens (tertiary/aromatic N) is 4. The molecule has 1 fully saturated rings. The molecule has 2 aromatic heterocycles. The number of fused-ring (bicyclic) bond motifs is 1. The van der Waals surface area contributed by atoms with Gasteiger partial charge in [-0.2, -0.15) is 5.10 Å². The quantitative estimate of drug-likeness (QED) is 0.347. The van der Waals surface area contributed by atoms with Crippen molar-refractivity contribution in [3.8, 4) is 17.0 Å². The molecule has 6 nitrogen and oxygen atoms in total. The van der Waals surface area contributed by atoms with Crippen LogP contribution in [0.15, 0.2) is 54.7 Å². The molecule has 0 aliphatic carbocycles. The molecule has 3 heterocycles. The van der Waals surface area contributed by atoms with Crippen LogP contribution in [-0.2, 0) is 0 Å². The van der Waals surface area contributed by atoms with Gasteiger partial charge in [-0.15, -0.1) is 0 Å². The minimum atomic E-state index is -0.724. The minimum Gasteiger partial charge on any atom is -0.487 e. The van der Waals surface area contributed by atoms with Crippen LogP contribution in [0, 0.1) is 18.6 Å². The third-order valence-corrected chi connectivity index (χ3v) is 6.62. The van der Waals surface area contributed by atoms with Crippen LogP contribution in [0.5, 0.6) is 5.75 Å². The van der Waals surface area contributed by atoms with E-state index < -0.39 is 11.6 Å². The summed E-state index contributed by atoms with van der Waals surface area (Å²) in [7, 11) is 0. The number of carbonyl (C=O) groups excluding carboxylic acids is 1. The minimum absolute atomic E-state index is 0.0287. The van der Waals surface area contributed by atoms with Crippen molar-refractivity contribution in [1.29, 1.82) is 0 Å². The van der Waals surface area contributed by atoms with Gasteiger partial charge in [0.2, 0.25) is 0 Å². The summed E-state index contributed by atoms with van der Waals surface area (Å²) in [4.78, 5) is 20.4. The summed E-state index contributed by atoms with van der Waals surface area (Å²) in [5, 5.41) is 5.23. The molecule has 36 heavy (non-hydrogen) atoms. The van der Waals surface area contributed by atoms with Crippen molar-refractivity contribution in [2.24, 2.45) is 0 Å². The Morgan fingerprint density at radius 2 is 1.83 bits per heavy atom. The Morgan fingerprint density at radius 1 is 1.08 bits per heavy atom. The zero-order valence-corrected chi connectivity index (χ0v) is 20.5. The van der Waals surface area contributed by atoms with Gasteiger partial charge >= 0.3 is 0 Å². The number of ether oxygens (including phenoxy) is 1. The molecule has 0 saturated carbocycles. The summed E-state index contributed by atoms with van der Waals surface area (Å²) >= 11 is 0. The molecule has 0 spiro atoms. The monoisotopic (exact) mass is 490 g/mol. The molecular formula is C28H28F2N4O2. The van der Waals surface area contributed by atoms with Crippen LogP contribution in [0.3, 0.4) is 0 Å². The number of likely N-dealkylation sites (tertiary alicyclic amines) is 1. The molecule has 1 aliphatic heterocycles. The summed E-state index contributed by atoms with van der Waals surface area (Å²) in [6.07, 6.45) is 2.56. The first kappa shape index (κ1) is 23.9. The molecule has 186 valence electrons. The van der Waals surface area contributed by atoms with Crippen molar-refractivity contribution < 1.29 is 18.3 Å². The van der Waals surface area contributed by atoms with Gasteiger partial charge in [0.05, 0.1) is 22.8 Å². The lowest BCUT2D eigenvalue weighted by molar-refractivity contribution is 0.0590. The Bertz CT molecular complexity index is 1420. The predicted octanol–water partition coefficient (Wildman–Crippen LogP) is 5.95. The van der Waals surface area contributed by atoms with Gasteiger partial charge in [0, 0.05) is 43.6 Å². The Balaban J connectivity index is 1.42. The van der Waals surface area contributed by atoms with E-state index in [4.69, 9.17) is 9.72 Å². The highest BCUT2D eigenvalue weighted by atomic mass is 19.1. The van der Waals surface area contributed by atoms with Gasteiger partial charge in [0.25, 0.3) is 5.91 Å². The third kappa shape index (κ3) is 4.55. The van der Waals surface area contributed by atoms with Crippen molar-refractivity contribution in [3.05, 3.63) is 77.5 Å². The fourth-order valence-electron chi connectivity index (χ4n) is 4.67. The molecule has 4 aromatic rings. The van der Waals surface area contributed by atoms with Crippen molar-refractivity contribution in [2.45, 2.75) is 45.8 Å². The van der Waals surface area contributed by atoms with E-state index in [1.807, 2.05) is 55.8 Å². The first-order valence-electron chi connectivity index (χ1n) is 12.2.